The Bertz CT molecular complexity index is 1280. The van der Waals surface area contributed by atoms with Gasteiger partial charge in [-0.25, -0.2) is 18.7 Å². The maximum Gasteiger partial charge on any atom is 0.246 e. The largest absolute Gasteiger partial charge is 0.494 e. The fraction of sp³-hybridized carbons (Fsp3) is 0.217. The highest BCUT2D eigenvalue weighted by Crippen LogP contribution is 2.31. The first-order valence-corrected chi connectivity index (χ1v) is 10.3. The van der Waals surface area contributed by atoms with E-state index in [4.69, 9.17) is 9.72 Å². The molecule has 2 aromatic carbocycles. The van der Waals surface area contributed by atoms with Gasteiger partial charge in [-0.05, 0) is 43.2 Å². The number of aromatic nitrogens is 6. The number of aryl methyl sites for hydroxylation is 1. The van der Waals surface area contributed by atoms with E-state index in [-0.39, 0.29) is 11.7 Å². The number of nitrogens with one attached hydrogen (secondary N) is 1. The lowest BCUT2D eigenvalue weighted by Gasteiger charge is -2.13. The molecule has 0 amide bonds. The normalized spacial score (nSPS) is 15.3. The molecule has 0 bridgehead atoms. The SMILES string of the molecule is COc1cc(Nc2nc3n(n2)CC=CC[C@@H]3c2ccc(F)cc2)ccc1-n1cnc(C)n1. The van der Waals surface area contributed by atoms with Crippen LogP contribution in [0.2, 0.25) is 0 Å². The van der Waals surface area contributed by atoms with E-state index < -0.39 is 0 Å². The van der Waals surface area contributed by atoms with Crippen LogP contribution in [0.4, 0.5) is 16.0 Å². The average Bonchev–Trinajstić information content (AvgIpc) is 3.35. The Morgan fingerprint density at radius 3 is 2.69 bits per heavy atom. The molecular weight excluding hydrogens is 409 g/mol. The van der Waals surface area contributed by atoms with Gasteiger partial charge in [0.25, 0.3) is 0 Å². The number of nitrogens with zero attached hydrogens (tertiary/aromatic N) is 6. The van der Waals surface area contributed by atoms with Crippen LogP contribution in [0.3, 0.4) is 0 Å². The molecule has 162 valence electrons. The van der Waals surface area contributed by atoms with Crippen LogP contribution in [0.1, 0.15) is 29.6 Å². The Labute approximate surface area is 184 Å². The highest BCUT2D eigenvalue weighted by molar-refractivity contribution is 5.61. The highest BCUT2D eigenvalue weighted by atomic mass is 19.1. The first-order valence-electron chi connectivity index (χ1n) is 10.3. The molecule has 1 aliphatic rings. The molecule has 0 saturated heterocycles. The third kappa shape index (κ3) is 3.84. The third-order valence-electron chi connectivity index (χ3n) is 5.39. The molecule has 0 fully saturated rings. The molecule has 0 aliphatic carbocycles. The Morgan fingerprint density at radius 1 is 1.09 bits per heavy atom. The quantitative estimate of drug-likeness (QED) is 0.478. The van der Waals surface area contributed by atoms with Crippen molar-refractivity contribution in [2.75, 3.05) is 12.4 Å². The van der Waals surface area contributed by atoms with E-state index in [1.54, 1.807) is 30.3 Å². The van der Waals surface area contributed by atoms with Gasteiger partial charge in [0.2, 0.25) is 5.95 Å². The van der Waals surface area contributed by atoms with Crippen molar-refractivity contribution in [3.63, 3.8) is 0 Å². The average molecular weight is 431 g/mol. The van der Waals surface area contributed by atoms with E-state index in [1.807, 2.05) is 29.8 Å². The lowest BCUT2D eigenvalue weighted by atomic mass is 9.95. The van der Waals surface area contributed by atoms with Gasteiger partial charge in [-0.2, -0.15) is 10.1 Å². The second-order valence-electron chi connectivity index (χ2n) is 7.53. The van der Waals surface area contributed by atoms with Gasteiger partial charge in [0.1, 0.15) is 35.2 Å². The molecule has 4 aromatic rings. The molecule has 1 N–H and O–H groups in total. The van der Waals surface area contributed by atoms with Crippen molar-refractivity contribution in [2.45, 2.75) is 25.8 Å². The summed E-state index contributed by atoms with van der Waals surface area (Å²) < 4.78 is 22.5. The van der Waals surface area contributed by atoms with Gasteiger partial charge < -0.3 is 10.1 Å². The minimum atomic E-state index is -0.250. The monoisotopic (exact) mass is 431 g/mol. The summed E-state index contributed by atoms with van der Waals surface area (Å²) in [6.45, 7) is 2.47. The highest BCUT2D eigenvalue weighted by Gasteiger charge is 2.23. The summed E-state index contributed by atoms with van der Waals surface area (Å²) >= 11 is 0. The van der Waals surface area contributed by atoms with Crippen LogP contribution in [0.25, 0.3) is 5.69 Å². The predicted octanol–water partition coefficient (Wildman–Crippen LogP) is 4.15. The minimum Gasteiger partial charge on any atom is -0.494 e. The fourth-order valence-electron chi connectivity index (χ4n) is 3.83. The number of ether oxygens (including phenoxy) is 1. The van der Waals surface area contributed by atoms with E-state index in [2.05, 4.69) is 32.7 Å². The third-order valence-corrected chi connectivity index (χ3v) is 5.39. The first kappa shape index (κ1) is 19.9. The summed E-state index contributed by atoms with van der Waals surface area (Å²) in [6.07, 6.45) is 6.62. The topological polar surface area (TPSA) is 82.7 Å². The van der Waals surface area contributed by atoms with Crippen molar-refractivity contribution in [3.05, 3.63) is 84.0 Å². The predicted molar refractivity (Wildman–Crippen MR) is 118 cm³/mol. The van der Waals surface area contributed by atoms with Crippen LogP contribution in [0, 0.1) is 12.7 Å². The van der Waals surface area contributed by atoms with Crippen LogP contribution >= 0.6 is 0 Å². The zero-order chi connectivity index (χ0) is 22.1. The van der Waals surface area contributed by atoms with Crippen LogP contribution in [-0.2, 0) is 6.54 Å². The van der Waals surface area contributed by atoms with Crippen molar-refractivity contribution >= 4 is 11.6 Å². The van der Waals surface area contributed by atoms with E-state index >= 15 is 0 Å². The number of hydrogen-bond donors (Lipinski definition) is 1. The molecule has 0 unspecified atom stereocenters. The zero-order valence-electron chi connectivity index (χ0n) is 17.7. The molecule has 0 saturated carbocycles. The molecule has 32 heavy (non-hydrogen) atoms. The second-order valence-corrected chi connectivity index (χ2v) is 7.53. The van der Waals surface area contributed by atoms with Gasteiger partial charge in [0.15, 0.2) is 0 Å². The molecule has 0 radical (unpaired) electrons. The van der Waals surface area contributed by atoms with Crippen molar-refractivity contribution in [1.29, 1.82) is 0 Å². The molecule has 5 rings (SSSR count). The number of methoxy groups -OCH3 is 1. The van der Waals surface area contributed by atoms with Crippen LogP contribution in [-0.4, -0.2) is 36.6 Å². The van der Waals surface area contributed by atoms with Crippen molar-refractivity contribution in [3.8, 4) is 11.4 Å². The molecular formula is C23H22FN7O. The molecule has 9 heteroatoms. The van der Waals surface area contributed by atoms with Crippen LogP contribution in [0.5, 0.6) is 5.75 Å². The maximum absolute atomic E-state index is 13.4. The number of hydrogen-bond acceptors (Lipinski definition) is 6. The summed E-state index contributed by atoms with van der Waals surface area (Å²) in [5.74, 6) is 2.42. The standard InChI is InChI=1S/C23H22FN7O/c1-15-25-14-31(28-15)20-11-10-18(13-21(20)32-2)26-23-27-22-19(5-3-4-12-30(22)29-23)16-6-8-17(24)9-7-16/h3-4,6-11,13-14,19H,5,12H2,1-2H3,(H,26,29)/t19-/m1/s1. The Hall–Kier alpha value is -4.01. The number of allylic oxidation sites excluding steroid dienone is 2. The lowest BCUT2D eigenvalue weighted by Crippen LogP contribution is -2.08. The van der Waals surface area contributed by atoms with E-state index in [0.717, 1.165) is 29.2 Å². The van der Waals surface area contributed by atoms with Gasteiger partial charge in [-0.15, -0.1) is 5.10 Å². The van der Waals surface area contributed by atoms with Crippen molar-refractivity contribution in [1.82, 2.24) is 29.5 Å². The first-order chi connectivity index (χ1) is 15.6. The van der Waals surface area contributed by atoms with E-state index in [1.165, 1.54) is 12.1 Å². The Kier molecular flexibility index (Phi) is 5.14. The van der Waals surface area contributed by atoms with Gasteiger partial charge in [0, 0.05) is 17.7 Å². The molecule has 2 aromatic heterocycles. The number of fused-ring (bicyclic) bond motifs is 1. The molecule has 3 heterocycles. The summed E-state index contributed by atoms with van der Waals surface area (Å²) in [5, 5.41) is 12.3. The molecule has 0 spiro atoms. The lowest BCUT2D eigenvalue weighted by molar-refractivity contribution is 0.412. The van der Waals surface area contributed by atoms with Gasteiger partial charge in [-0.1, -0.05) is 24.3 Å². The Morgan fingerprint density at radius 2 is 1.94 bits per heavy atom. The molecule has 8 nitrogen and oxygen atoms in total. The van der Waals surface area contributed by atoms with Crippen molar-refractivity contribution < 1.29 is 9.13 Å². The summed E-state index contributed by atoms with van der Waals surface area (Å²) in [4.78, 5) is 8.94. The van der Waals surface area contributed by atoms with Gasteiger partial charge in [0.05, 0.1) is 13.7 Å². The number of halogens is 1. The number of rotatable bonds is 5. The van der Waals surface area contributed by atoms with E-state index in [0.29, 0.717) is 24.1 Å². The minimum absolute atomic E-state index is 0.00451. The maximum atomic E-state index is 13.4. The van der Waals surface area contributed by atoms with Crippen molar-refractivity contribution in [2.24, 2.45) is 0 Å². The van der Waals surface area contributed by atoms with Crippen LogP contribution in [0.15, 0.2) is 60.9 Å². The summed E-state index contributed by atoms with van der Waals surface area (Å²) in [5.41, 5.74) is 2.58. The summed E-state index contributed by atoms with van der Waals surface area (Å²) in [7, 11) is 1.61. The zero-order valence-corrected chi connectivity index (χ0v) is 17.7. The number of benzene rings is 2. The van der Waals surface area contributed by atoms with Gasteiger partial charge in [-0.3, -0.25) is 0 Å². The van der Waals surface area contributed by atoms with Crippen LogP contribution < -0.4 is 10.1 Å². The summed E-state index contributed by atoms with van der Waals surface area (Å²) in [6, 6.07) is 12.3. The smallest absolute Gasteiger partial charge is 0.246 e. The Balaban J connectivity index is 1.44. The second kappa shape index (κ2) is 8.26. The number of anilines is 2. The van der Waals surface area contributed by atoms with Gasteiger partial charge >= 0.3 is 0 Å². The van der Waals surface area contributed by atoms with E-state index in [9.17, 15) is 4.39 Å². The molecule has 1 atom stereocenters. The fourth-order valence-corrected chi connectivity index (χ4v) is 3.83. The molecule has 1 aliphatic heterocycles.